The second kappa shape index (κ2) is 7.97. The molecule has 5 nitrogen and oxygen atoms in total. The second-order valence-electron chi connectivity index (χ2n) is 5.46. The first-order chi connectivity index (χ1) is 12.6. The van der Waals surface area contributed by atoms with E-state index in [9.17, 15) is 9.18 Å². The van der Waals surface area contributed by atoms with E-state index in [0.29, 0.717) is 16.6 Å². The lowest BCUT2D eigenvalue weighted by atomic mass is 10.1. The molecule has 0 saturated carbocycles. The fourth-order valence-electron chi connectivity index (χ4n) is 2.41. The van der Waals surface area contributed by atoms with Crippen LogP contribution in [0.4, 0.5) is 9.52 Å². The van der Waals surface area contributed by atoms with Crippen LogP contribution in [0, 0.1) is 5.82 Å². The van der Waals surface area contributed by atoms with Gasteiger partial charge >= 0.3 is 0 Å². The number of rotatable bonds is 6. The standard InChI is InChI=1S/C19H17FN2O3S/c1-24-16-8-5-13(10-17(16)25-2)15-11-26-19(21-15)22-18(23)9-12-3-6-14(20)7-4-12/h3-8,10-11H,9H2,1-2H3,(H,21,22,23). The molecular formula is C19H17FN2O3S. The van der Waals surface area contributed by atoms with E-state index in [1.54, 1.807) is 32.4 Å². The van der Waals surface area contributed by atoms with Crippen molar-refractivity contribution in [2.45, 2.75) is 6.42 Å². The first-order valence-electron chi connectivity index (χ1n) is 7.81. The minimum atomic E-state index is -0.325. The average Bonchev–Trinajstić information content (AvgIpc) is 3.11. The molecule has 3 aromatic rings. The van der Waals surface area contributed by atoms with Crippen LogP contribution >= 0.6 is 11.3 Å². The second-order valence-corrected chi connectivity index (χ2v) is 6.32. The third-order valence-corrected chi connectivity index (χ3v) is 4.47. The fourth-order valence-corrected chi connectivity index (χ4v) is 3.15. The Morgan fingerprint density at radius 2 is 1.85 bits per heavy atom. The van der Waals surface area contributed by atoms with Gasteiger partial charge in [-0.2, -0.15) is 0 Å². The van der Waals surface area contributed by atoms with Crippen molar-refractivity contribution < 1.29 is 18.7 Å². The molecule has 3 rings (SSSR count). The summed E-state index contributed by atoms with van der Waals surface area (Å²) in [6.45, 7) is 0. The molecule has 134 valence electrons. The molecule has 2 aromatic carbocycles. The number of thiazole rings is 1. The van der Waals surface area contributed by atoms with E-state index in [1.807, 2.05) is 17.5 Å². The lowest BCUT2D eigenvalue weighted by Crippen LogP contribution is -2.14. The number of nitrogens with one attached hydrogen (secondary N) is 1. The normalized spacial score (nSPS) is 10.4. The highest BCUT2D eigenvalue weighted by molar-refractivity contribution is 7.14. The molecule has 0 aliphatic rings. The third-order valence-electron chi connectivity index (χ3n) is 3.71. The SMILES string of the molecule is COc1ccc(-c2csc(NC(=O)Cc3ccc(F)cc3)n2)cc1OC. The predicted octanol–water partition coefficient (Wildman–Crippen LogP) is 4.15. The zero-order valence-electron chi connectivity index (χ0n) is 14.3. The summed E-state index contributed by atoms with van der Waals surface area (Å²) in [6, 6.07) is 11.4. The molecule has 7 heteroatoms. The minimum Gasteiger partial charge on any atom is -0.493 e. The Labute approximate surface area is 154 Å². The molecule has 0 bridgehead atoms. The molecule has 0 spiro atoms. The summed E-state index contributed by atoms with van der Waals surface area (Å²) in [5.74, 6) is 0.720. The zero-order chi connectivity index (χ0) is 18.5. The van der Waals surface area contributed by atoms with Crippen LogP contribution in [0.2, 0.25) is 0 Å². The van der Waals surface area contributed by atoms with Gasteiger partial charge in [-0.25, -0.2) is 9.37 Å². The van der Waals surface area contributed by atoms with Crippen molar-refractivity contribution in [3.05, 3.63) is 59.2 Å². The van der Waals surface area contributed by atoms with Gasteiger partial charge in [-0.1, -0.05) is 12.1 Å². The van der Waals surface area contributed by atoms with Gasteiger partial charge in [-0.05, 0) is 35.9 Å². The Bertz CT molecular complexity index is 909. The predicted molar refractivity (Wildman–Crippen MR) is 99.4 cm³/mol. The van der Waals surface area contributed by atoms with Gasteiger partial charge in [0.05, 0.1) is 26.3 Å². The van der Waals surface area contributed by atoms with Gasteiger partial charge in [-0.3, -0.25) is 4.79 Å². The molecule has 1 amide bonds. The highest BCUT2D eigenvalue weighted by Gasteiger charge is 2.11. The molecule has 0 radical (unpaired) electrons. The largest absolute Gasteiger partial charge is 0.493 e. The smallest absolute Gasteiger partial charge is 0.230 e. The highest BCUT2D eigenvalue weighted by Crippen LogP contribution is 2.33. The van der Waals surface area contributed by atoms with E-state index in [0.717, 1.165) is 16.8 Å². The van der Waals surface area contributed by atoms with Crippen molar-refractivity contribution >= 4 is 22.4 Å². The first kappa shape index (κ1) is 17.9. The Kier molecular flexibility index (Phi) is 5.48. The van der Waals surface area contributed by atoms with Crippen molar-refractivity contribution in [3.8, 4) is 22.8 Å². The number of hydrogen-bond acceptors (Lipinski definition) is 5. The number of amides is 1. The number of benzene rings is 2. The molecule has 26 heavy (non-hydrogen) atoms. The van der Waals surface area contributed by atoms with Gasteiger partial charge in [0.15, 0.2) is 16.6 Å². The number of hydrogen-bond donors (Lipinski definition) is 1. The molecule has 0 aliphatic heterocycles. The lowest BCUT2D eigenvalue weighted by molar-refractivity contribution is -0.115. The van der Waals surface area contributed by atoms with Gasteiger partial charge in [0.25, 0.3) is 0 Å². The molecule has 0 aliphatic carbocycles. The lowest BCUT2D eigenvalue weighted by Gasteiger charge is -2.08. The molecule has 1 N–H and O–H groups in total. The molecule has 0 fully saturated rings. The van der Waals surface area contributed by atoms with E-state index in [-0.39, 0.29) is 18.1 Å². The topological polar surface area (TPSA) is 60.5 Å². The monoisotopic (exact) mass is 372 g/mol. The molecular weight excluding hydrogens is 355 g/mol. The van der Waals surface area contributed by atoms with Gasteiger partial charge in [0, 0.05) is 10.9 Å². The maximum atomic E-state index is 12.9. The number of carbonyl (C=O) groups excluding carboxylic acids is 1. The third kappa shape index (κ3) is 4.18. The van der Waals surface area contributed by atoms with Crippen LogP contribution in [-0.4, -0.2) is 25.1 Å². The van der Waals surface area contributed by atoms with Gasteiger partial charge < -0.3 is 14.8 Å². The minimum absolute atomic E-state index is 0.158. The van der Waals surface area contributed by atoms with Crippen LogP contribution < -0.4 is 14.8 Å². The number of carbonyl (C=O) groups is 1. The molecule has 1 aromatic heterocycles. The van der Waals surface area contributed by atoms with Crippen molar-refractivity contribution in [1.82, 2.24) is 4.98 Å². The van der Waals surface area contributed by atoms with Crippen molar-refractivity contribution in [2.24, 2.45) is 0 Å². The first-order valence-corrected chi connectivity index (χ1v) is 8.69. The van der Waals surface area contributed by atoms with E-state index in [1.165, 1.54) is 23.5 Å². The summed E-state index contributed by atoms with van der Waals surface area (Å²) in [6.07, 6.45) is 0.158. The van der Waals surface area contributed by atoms with E-state index < -0.39 is 0 Å². The van der Waals surface area contributed by atoms with Crippen LogP contribution in [-0.2, 0) is 11.2 Å². The van der Waals surface area contributed by atoms with E-state index >= 15 is 0 Å². The van der Waals surface area contributed by atoms with Crippen LogP contribution in [0.15, 0.2) is 47.8 Å². The van der Waals surface area contributed by atoms with Gasteiger partial charge in [0.2, 0.25) is 5.91 Å². The maximum absolute atomic E-state index is 12.9. The maximum Gasteiger partial charge on any atom is 0.230 e. The number of anilines is 1. The van der Waals surface area contributed by atoms with Gasteiger partial charge in [0.1, 0.15) is 5.82 Å². The summed E-state index contributed by atoms with van der Waals surface area (Å²) in [7, 11) is 3.15. The molecule has 0 atom stereocenters. The average molecular weight is 372 g/mol. The summed E-state index contributed by atoms with van der Waals surface area (Å²) in [5, 5.41) is 5.12. The molecule has 0 unspecified atom stereocenters. The number of halogens is 1. The number of ether oxygens (including phenoxy) is 2. The van der Waals surface area contributed by atoms with E-state index in [2.05, 4.69) is 10.3 Å². The van der Waals surface area contributed by atoms with Crippen LogP contribution in [0.5, 0.6) is 11.5 Å². The molecule has 0 saturated heterocycles. The Balaban J connectivity index is 1.69. The Morgan fingerprint density at radius 3 is 2.54 bits per heavy atom. The van der Waals surface area contributed by atoms with Crippen molar-refractivity contribution in [2.75, 3.05) is 19.5 Å². The summed E-state index contributed by atoms with van der Waals surface area (Å²) < 4.78 is 23.4. The summed E-state index contributed by atoms with van der Waals surface area (Å²) in [5.41, 5.74) is 2.33. The Hall–Kier alpha value is -2.93. The summed E-state index contributed by atoms with van der Waals surface area (Å²) in [4.78, 5) is 16.6. The van der Waals surface area contributed by atoms with Gasteiger partial charge in [-0.15, -0.1) is 11.3 Å². The van der Waals surface area contributed by atoms with Crippen molar-refractivity contribution in [1.29, 1.82) is 0 Å². The molecule has 1 heterocycles. The van der Waals surface area contributed by atoms with Crippen LogP contribution in [0.25, 0.3) is 11.3 Å². The number of methoxy groups -OCH3 is 2. The van der Waals surface area contributed by atoms with E-state index in [4.69, 9.17) is 9.47 Å². The quantitative estimate of drug-likeness (QED) is 0.706. The number of nitrogens with zero attached hydrogens (tertiary/aromatic N) is 1. The van der Waals surface area contributed by atoms with Crippen LogP contribution in [0.1, 0.15) is 5.56 Å². The zero-order valence-corrected chi connectivity index (χ0v) is 15.1. The Morgan fingerprint density at radius 1 is 1.12 bits per heavy atom. The van der Waals surface area contributed by atoms with Crippen molar-refractivity contribution in [3.63, 3.8) is 0 Å². The summed E-state index contributed by atoms with van der Waals surface area (Å²) >= 11 is 1.33. The van der Waals surface area contributed by atoms with Crippen LogP contribution in [0.3, 0.4) is 0 Å². The highest BCUT2D eigenvalue weighted by atomic mass is 32.1. The number of aromatic nitrogens is 1. The fraction of sp³-hybridized carbons (Fsp3) is 0.158.